The average Bonchev–Trinajstić information content (AvgIpc) is 3.49. The molecular weight excluding hydrogens is 472 g/mol. The Morgan fingerprint density at radius 2 is 0.816 bits per heavy atom. The summed E-state index contributed by atoms with van der Waals surface area (Å²) in [5, 5.41) is 10.3. The number of nitrogens with zero attached hydrogens (tertiary/aromatic N) is 2. The molecule has 4 aromatic carbocycles. The Balaban J connectivity index is 0.000000187. The van der Waals surface area contributed by atoms with E-state index in [1.807, 2.05) is 77.9 Å². The van der Waals surface area contributed by atoms with Crippen LogP contribution in [0.15, 0.2) is 107 Å². The summed E-state index contributed by atoms with van der Waals surface area (Å²) < 4.78 is 3.60. The maximum Gasteiger partial charge on any atom is 0.264 e. The van der Waals surface area contributed by atoms with E-state index in [2.05, 4.69) is 58.7 Å². The summed E-state index contributed by atoms with van der Waals surface area (Å²) in [4.78, 5) is 22.5. The van der Waals surface area contributed by atoms with E-state index < -0.39 is 0 Å². The number of hydrogen-bond acceptors (Lipinski definition) is 2. The van der Waals surface area contributed by atoms with Crippen LogP contribution in [0.2, 0.25) is 0 Å². The Kier molecular flexibility index (Phi) is 9.66. The Bertz CT molecular complexity index is 1600. The highest BCUT2D eigenvalue weighted by atomic mass is 16.1. The fourth-order valence-electron chi connectivity index (χ4n) is 4.14. The Morgan fingerprint density at radius 1 is 0.474 bits per heavy atom. The minimum Gasteiger partial charge on any atom is -0.268 e. The van der Waals surface area contributed by atoms with Gasteiger partial charge in [0, 0.05) is 23.5 Å². The van der Waals surface area contributed by atoms with Crippen molar-refractivity contribution < 1.29 is 0 Å². The number of benzene rings is 4. The molecule has 2 N–H and O–H groups in total. The molecule has 0 bridgehead atoms. The highest BCUT2D eigenvalue weighted by Gasteiger charge is 2.04. The Morgan fingerprint density at radius 3 is 1.13 bits per heavy atom. The molecule has 0 aliphatic carbocycles. The van der Waals surface area contributed by atoms with Gasteiger partial charge in [0.05, 0.1) is 11.4 Å². The van der Waals surface area contributed by atoms with Gasteiger partial charge in [0.15, 0.2) is 0 Å². The number of aryl methyl sites for hydroxylation is 2. The van der Waals surface area contributed by atoms with Crippen molar-refractivity contribution in [3.63, 3.8) is 0 Å². The summed E-state index contributed by atoms with van der Waals surface area (Å²) in [5.74, 6) is 0. The topological polar surface area (TPSA) is 75.6 Å². The summed E-state index contributed by atoms with van der Waals surface area (Å²) in [5.41, 5.74) is 3.62. The number of hydrogen-bond donors (Lipinski definition) is 2. The molecule has 0 radical (unpaired) electrons. The van der Waals surface area contributed by atoms with Gasteiger partial charge in [-0.05, 0) is 59.7 Å². The molecule has 0 unspecified atom stereocenters. The lowest BCUT2D eigenvalue weighted by molar-refractivity contribution is 0.836. The summed E-state index contributed by atoms with van der Waals surface area (Å²) in [6, 6.07) is 31.8. The first-order valence-corrected chi connectivity index (χ1v) is 13.0. The first kappa shape index (κ1) is 28.0. The van der Waals surface area contributed by atoms with Crippen LogP contribution in [0.1, 0.15) is 39.1 Å². The van der Waals surface area contributed by atoms with E-state index in [0.717, 1.165) is 22.8 Å². The van der Waals surface area contributed by atoms with E-state index in [1.54, 1.807) is 21.5 Å². The predicted molar refractivity (Wildman–Crippen MR) is 160 cm³/mol. The lowest BCUT2D eigenvalue weighted by atomic mass is 10.1. The second kappa shape index (κ2) is 13.1. The second-order valence-corrected chi connectivity index (χ2v) is 8.26. The molecule has 0 atom stereocenters. The monoisotopic (exact) mass is 508 g/mol. The van der Waals surface area contributed by atoms with Crippen molar-refractivity contribution >= 4 is 21.5 Å². The normalized spacial score (nSPS) is 10.1. The highest BCUT2D eigenvalue weighted by Crippen LogP contribution is 2.19. The maximum absolute atomic E-state index is 11.3. The molecule has 196 valence electrons. The van der Waals surface area contributed by atoms with Gasteiger partial charge in [0.1, 0.15) is 0 Å². The molecule has 0 saturated carbocycles. The molecule has 38 heavy (non-hydrogen) atoms. The van der Waals surface area contributed by atoms with E-state index in [-0.39, 0.29) is 11.1 Å². The van der Waals surface area contributed by atoms with Gasteiger partial charge in [-0.2, -0.15) is 0 Å². The zero-order valence-corrected chi connectivity index (χ0v) is 22.9. The van der Waals surface area contributed by atoms with Crippen LogP contribution in [-0.2, 0) is 0 Å². The predicted octanol–water partition coefficient (Wildman–Crippen LogP) is 7.31. The lowest BCUT2D eigenvalue weighted by Gasteiger charge is -2.06. The van der Waals surface area contributed by atoms with Crippen molar-refractivity contribution in [2.75, 3.05) is 0 Å². The summed E-state index contributed by atoms with van der Waals surface area (Å²) in [6.07, 6.45) is 0. The van der Waals surface area contributed by atoms with E-state index in [1.165, 1.54) is 21.5 Å². The van der Waals surface area contributed by atoms with Crippen LogP contribution in [0.25, 0.3) is 32.9 Å². The summed E-state index contributed by atoms with van der Waals surface area (Å²) in [7, 11) is 0. The second-order valence-electron chi connectivity index (χ2n) is 8.26. The van der Waals surface area contributed by atoms with E-state index in [4.69, 9.17) is 0 Å². The third-order valence-electron chi connectivity index (χ3n) is 5.81. The fourth-order valence-corrected chi connectivity index (χ4v) is 4.14. The van der Waals surface area contributed by atoms with Crippen LogP contribution in [0.3, 0.4) is 0 Å². The van der Waals surface area contributed by atoms with Gasteiger partial charge in [-0.25, -0.2) is 0 Å². The van der Waals surface area contributed by atoms with Gasteiger partial charge in [-0.15, -0.1) is 0 Å². The number of nitrogens with one attached hydrogen (secondary N) is 2. The molecule has 0 saturated heterocycles. The van der Waals surface area contributed by atoms with Crippen molar-refractivity contribution in [2.24, 2.45) is 0 Å². The SMILES string of the molecule is CC.CC.Cc1cc(=O)[nH]n1-c1ccc2ccccc2c1.Cc1cc(=O)[nH]n1-c1ccc2ccccc2c1. The molecule has 0 spiro atoms. The van der Waals surface area contributed by atoms with Crippen molar-refractivity contribution in [1.29, 1.82) is 0 Å². The van der Waals surface area contributed by atoms with Gasteiger partial charge in [-0.1, -0.05) is 88.4 Å². The molecular formula is C32H36N4O2. The third kappa shape index (κ3) is 6.40. The number of aromatic amines is 2. The molecule has 0 amide bonds. The van der Waals surface area contributed by atoms with Gasteiger partial charge in [0.25, 0.3) is 11.1 Å². The highest BCUT2D eigenvalue weighted by molar-refractivity contribution is 5.85. The van der Waals surface area contributed by atoms with Crippen molar-refractivity contribution in [2.45, 2.75) is 41.5 Å². The van der Waals surface area contributed by atoms with Crippen LogP contribution < -0.4 is 11.1 Å². The van der Waals surface area contributed by atoms with Crippen molar-refractivity contribution in [1.82, 2.24) is 19.6 Å². The Hall–Kier alpha value is -4.58. The molecule has 6 rings (SSSR count). The largest absolute Gasteiger partial charge is 0.268 e. The molecule has 0 fully saturated rings. The van der Waals surface area contributed by atoms with Gasteiger partial charge < -0.3 is 0 Å². The molecule has 2 heterocycles. The van der Waals surface area contributed by atoms with Crippen molar-refractivity contribution in [3.8, 4) is 11.4 Å². The number of rotatable bonds is 2. The molecule has 6 aromatic rings. The molecule has 0 aliphatic heterocycles. The van der Waals surface area contributed by atoms with Crippen LogP contribution >= 0.6 is 0 Å². The summed E-state index contributed by atoms with van der Waals surface area (Å²) in [6.45, 7) is 11.8. The minimum atomic E-state index is -0.0735. The fraction of sp³-hybridized carbons (Fsp3) is 0.188. The minimum absolute atomic E-state index is 0.0735. The van der Waals surface area contributed by atoms with Gasteiger partial charge in [-0.3, -0.25) is 29.2 Å². The van der Waals surface area contributed by atoms with Crippen molar-refractivity contribution in [3.05, 3.63) is 129 Å². The molecule has 6 heteroatoms. The first-order valence-electron chi connectivity index (χ1n) is 13.0. The van der Waals surface area contributed by atoms with Gasteiger partial charge >= 0.3 is 0 Å². The molecule has 0 aliphatic rings. The number of H-pyrrole nitrogens is 2. The van der Waals surface area contributed by atoms with Crippen LogP contribution in [-0.4, -0.2) is 19.6 Å². The zero-order valence-electron chi connectivity index (χ0n) is 22.9. The first-order chi connectivity index (χ1) is 18.5. The quantitative estimate of drug-likeness (QED) is 0.257. The maximum atomic E-state index is 11.3. The smallest absolute Gasteiger partial charge is 0.264 e. The summed E-state index contributed by atoms with van der Waals surface area (Å²) >= 11 is 0. The Labute approximate surface area is 223 Å². The van der Waals surface area contributed by atoms with E-state index >= 15 is 0 Å². The van der Waals surface area contributed by atoms with E-state index in [9.17, 15) is 9.59 Å². The molecule has 2 aromatic heterocycles. The third-order valence-corrected chi connectivity index (χ3v) is 5.81. The average molecular weight is 509 g/mol. The van der Waals surface area contributed by atoms with Crippen LogP contribution in [0, 0.1) is 13.8 Å². The number of aromatic nitrogens is 4. The number of fused-ring (bicyclic) bond motifs is 2. The standard InChI is InChI=1S/2C14H12N2O.2C2H6/c2*1-10-8-14(17)15-16(10)13-7-6-11-4-2-3-5-12(11)9-13;2*1-2/h2*2-9H,1H3,(H,15,17);2*1-2H3. The lowest BCUT2D eigenvalue weighted by Crippen LogP contribution is -2.04. The van der Waals surface area contributed by atoms with Crippen LogP contribution in [0.5, 0.6) is 0 Å². The van der Waals surface area contributed by atoms with Crippen LogP contribution in [0.4, 0.5) is 0 Å². The van der Waals surface area contributed by atoms with E-state index in [0.29, 0.717) is 0 Å². The van der Waals surface area contributed by atoms with Gasteiger partial charge in [0.2, 0.25) is 0 Å². The molecule has 6 nitrogen and oxygen atoms in total. The zero-order chi connectivity index (χ0) is 27.7.